The van der Waals surface area contributed by atoms with E-state index in [1.165, 1.54) is 0 Å². The van der Waals surface area contributed by atoms with E-state index in [1.54, 1.807) is 18.0 Å². The summed E-state index contributed by atoms with van der Waals surface area (Å²) in [5.41, 5.74) is 1.82. The summed E-state index contributed by atoms with van der Waals surface area (Å²) >= 11 is 1.64. The standard InChI is InChI=1S/C12H13NOS/c1-15-8-11(14)10-6-2-4-9-5-3-7-13-12(9)10/h2-7,11,14H,8H2,1H3. The van der Waals surface area contributed by atoms with Crippen LogP contribution in [-0.2, 0) is 0 Å². The maximum Gasteiger partial charge on any atom is 0.0901 e. The Morgan fingerprint density at radius 3 is 2.93 bits per heavy atom. The minimum absolute atomic E-state index is 0.432. The maximum atomic E-state index is 9.96. The van der Waals surface area contributed by atoms with Crippen LogP contribution in [0.1, 0.15) is 11.7 Å². The van der Waals surface area contributed by atoms with Crippen LogP contribution >= 0.6 is 11.8 Å². The number of para-hydroxylation sites is 1. The van der Waals surface area contributed by atoms with E-state index >= 15 is 0 Å². The van der Waals surface area contributed by atoms with Crippen LogP contribution in [0.4, 0.5) is 0 Å². The lowest BCUT2D eigenvalue weighted by Crippen LogP contribution is -2.01. The Bertz CT molecular complexity index is 453. The van der Waals surface area contributed by atoms with Crippen LogP contribution in [0.3, 0.4) is 0 Å². The van der Waals surface area contributed by atoms with Crippen LogP contribution in [0.5, 0.6) is 0 Å². The molecule has 0 aliphatic heterocycles. The molecule has 0 radical (unpaired) electrons. The third kappa shape index (κ3) is 2.13. The van der Waals surface area contributed by atoms with Crippen molar-refractivity contribution < 1.29 is 5.11 Å². The lowest BCUT2D eigenvalue weighted by Gasteiger charge is -2.11. The molecule has 0 spiro atoms. The van der Waals surface area contributed by atoms with Crippen molar-refractivity contribution in [1.29, 1.82) is 0 Å². The molecule has 2 nitrogen and oxygen atoms in total. The molecule has 1 atom stereocenters. The van der Waals surface area contributed by atoms with Crippen molar-refractivity contribution in [3.05, 3.63) is 42.1 Å². The largest absolute Gasteiger partial charge is 0.387 e. The second-order valence-electron chi connectivity index (χ2n) is 3.39. The molecule has 0 aliphatic carbocycles. The number of hydrogen-bond donors (Lipinski definition) is 1. The van der Waals surface area contributed by atoms with E-state index in [-0.39, 0.29) is 0 Å². The van der Waals surface area contributed by atoms with Crippen molar-refractivity contribution >= 4 is 22.7 Å². The molecule has 0 amide bonds. The lowest BCUT2D eigenvalue weighted by molar-refractivity contribution is 0.205. The molecule has 1 aromatic heterocycles. The molecule has 3 heteroatoms. The van der Waals surface area contributed by atoms with Crippen molar-refractivity contribution in [3.8, 4) is 0 Å². The zero-order chi connectivity index (χ0) is 10.7. The Balaban J connectivity index is 2.50. The van der Waals surface area contributed by atoms with E-state index < -0.39 is 6.10 Å². The fourth-order valence-electron chi connectivity index (χ4n) is 1.64. The molecule has 1 heterocycles. The van der Waals surface area contributed by atoms with Crippen molar-refractivity contribution in [2.75, 3.05) is 12.0 Å². The third-order valence-electron chi connectivity index (χ3n) is 2.35. The van der Waals surface area contributed by atoms with Gasteiger partial charge in [0.2, 0.25) is 0 Å². The van der Waals surface area contributed by atoms with Crippen LogP contribution in [0, 0.1) is 0 Å². The predicted molar refractivity (Wildman–Crippen MR) is 65.1 cm³/mol. The molecular weight excluding hydrogens is 206 g/mol. The van der Waals surface area contributed by atoms with Gasteiger partial charge in [0.15, 0.2) is 0 Å². The highest BCUT2D eigenvalue weighted by molar-refractivity contribution is 7.98. The zero-order valence-electron chi connectivity index (χ0n) is 8.55. The Kier molecular flexibility index (Phi) is 3.23. The van der Waals surface area contributed by atoms with Gasteiger partial charge in [-0.15, -0.1) is 0 Å². The third-order valence-corrected chi connectivity index (χ3v) is 3.00. The van der Waals surface area contributed by atoms with Gasteiger partial charge < -0.3 is 5.11 Å². The molecule has 1 aromatic carbocycles. The van der Waals surface area contributed by atoms with Crippen LogP contribution in [0.2, 0.25) is 0 Å². The smallest absolute Gasteiger partial charge is 0.0901 e. The Labute approximate surface area is 93.3 Å². The van der Waals surface area contributed by atoms with Crippen molar-refractivity contribution in [3.63, 3.8) is 0 Å². The Morgan fingerprint density at radius 2 is 2.13 bits per heavy atom. The van der Waals surface area contributed by atoms with E-state index in [0.717, 1.165) is 16.5 Å². The van der Waals surface area contributed by atoms with E-state index in [2.05, 4.69) is 4.98 Å². The summed E-state index contributed by atoms with van der Waals surface area (Å²) in [6.45, 7) is 0. The van der Waals surface area contributed by atoms with E-state index in [4.69, 9.17) is 0 Å². The van der Waals surface area contributed by atoms with Gasteiger partial charge in [-0.05, 0) is 12.3 Å². The number of thioether (sulfide) groups is 1. The average Bonchev–Trinajstić information content (AvgIpc) is 2.28. The molecule has 0 fully saturated rings. The molecule has 0 saturated heterocycles. The maximum absolute atomic E-state index is 9.96. The molecule has 78 valence electrons. The van der Waals surface area contributed by atoms with Gasteiger partial charge in [-0.3, -0.25) is 4.98 Å². The number of fused-ring (bicyclic) bond motifs is 1. The zero-order valence-corrected chi connectivity index (χ0v) is 9.37. The summed E-state index contributed by atoms with van der Waals surface area (Å²) in [5, 5.41) is 11.0. The van der Waals surface area contributed by atoms with E-state index in [1.807, 2.05) is 36.6 Å². The van der Waals surface area contributed by atoms with Gasteiger partial charge >= 0.3 is 0 Å². The quantitative estimate of drug-likeness (QED) is 0.861. The summed E-state index contributed by atoms with van der Waals surface area (Å²) in [5.74, 6) is 0.704. The number of rotatable bonds is 3. The van der Waals surface area contributed by atoms with Gasteiger partial charge in [0.05, 0.1) is 11.6 Å². The number of nitrogens with zero attached hydrogens (tertiary/aromatic N) is 1. The second kappa shape index (κ2) is 4.64. The van der Waals surface area contributed by atoms with Crippen molar-refractivity contribution in [1.82, 2.24) is 4.98 Å². The average molecular weight is 219 g/mol. The molecule has 0 saturated carbocycles. The first-order valence-corrected chi connectivity index (χ1v) is 6.23. The Morgan fingerprint density at radius 1 is 1.33 bits per heavy atom. The summed E-state index contributed by atoms with van der Waals surface area (Å²) in [6.07, 6.45) is 3.32. The van der Waals surface area contributed by atoms with Crippen molar-refractivity contribution in [2.24, 2.45) is 0 Å². The van der Waals surface area contributed by atoms with Gasteiger partial charge in [0.1, 0.15) is 0 Å². The van der Waals surface area contributed by atoms with Gasteiger partial charge in [-0.1, -0.05) is 24.3 Å². The van der Waals surface area contributed by atoms with Crippen LogP contribution in [0.25, 0.3) is 10.9 Å². The van der Waals surface area contributed by atoms with Gasteiger partial charge in [-0.2, -0.15) is 11.8 Å². The predicted octanol–water partition coefficient (Wildman–Crippen LogP) is 2.63. The number of aromatic nitrogens is 1. The monoisotopic (exact) mass is 219 g/mol. The van der Waals surface area contributed by atoms with Gasteiger partial charge in [-0.25, -0.2) is 0 Å². The number of benzene rings is 1. The van der Waals surface area contributed by atoms with Crippen LogP contribution in [-0.4, -0.2) is 22.1 Å². The Hall–Kier alpha value is -1.06. The first kappa shape index (κ1) is 10.5. The molecule has 15 heavy (non-hydrogen) atoms. The van der Waals surface area contributed by atoms with Crippen LogP contribution < -0.4 is 0 Å². The highest BCUT2D eigenvalue weighted by Gasteiger charge is 2.10. The molecule has 2 rings (SSSR count). The first-order chi connectivity index (χ1) is 7.33. The van der Waals surface area contributed by atoms with E-state index in [9.17, 15) is 5.11 Å². The summed E-state index contributed by atoms with van der Waals surface area (Å²) < 4.78 is 0. The van der Waals surface area contributed by atoms with Gasteiger partial charge in [0, 0.05) is 22.9 Å². The molecule has 1 unspecified atom stereocenters. The summed E-state index contributed by atoms with van der Waals surface area (Å²) in [4.78, 5) is 4.32. The molecule has 1 N–H and O–H groups in total. The molecule has 0 aliphatic rings. The lowest BCUT2D eigenvalue weighted by atomic mass is 10.1. The SMILES string of the molecule is CSCC(O)c1cccc2cccnc12. The molecule has 0 bridgehead atoms. The first-order valence-electron chi connectivity index (χ1n) is 4.83. The number of hydrogen-bond acceptors (Lipinski definition) is 3. The fourth-order valence-corrected chi connectivity index (χ4v) is 2.14. The minimum Gasteiger partial charge on any atom is -0.387 e. The highest BCUT2D eigenvalue weighted by Crippen LogP contribution is 2.24. The number of aliphatic hydroxyl groups is 1. The summed E-state index contributed by atoms with van der Waals surface area (Å²) in [7, 11) is 0. The van der Waals surface area contributed by atoms with Crippen LogP contribution in [0.15, 0.2) is 36.5 Å². The topological polar surface area (TPSA) is 33.1 Å². The number of pyridine rings is 1. The van der Waals surface area contributed by atoms with E-state index in [0.29, 0.717) is 5.75 Å². The number of aliphatic hydroxyl groups excluding tert-OH is 1. The van der Waals surface area contributed by atoms with Gasteiger partial charge in [0.25, 0.3) is 0 Å². The minimum atomic E-state index is -0.432. The molecule has 2 aromatic rings. The second-order valence-corrected chi connectivity index (χ2v) is 4.30. The highest BCUT2D eigenvalue weighted by atomic mass is 32.2. The molecular formula is C12H13NOS. The fraction of sp³-hybridized carbons (Fsp3) is 0.250. The van der Waals surface area contributed by atoms with Crippen molar-refractivity contribution in [2.45, 2.75) is 6.10 Å². The summed E-state index contributed by atoms with van der Waals surface area (Å²) in [6, 6.07) is 9.83. The normalized spacial score (nSPS) is 12.9.